The van der Waals surface area contributed by atoms with Crippen LogP contribution in [0.15, 0.2) is 0 Å². The Morgan fingerprint density at radius 1 is 1.08 bits per heavy atom. The Morgan fingerprint density at radius 2 is 1.38 bits per heavy atom. The number of amides is 3. The lowest BCUT2D eigenvalue weighted by molar-refractivity contribution is -0.135. The fraction of sp³-hybridized carbons (Fsp3) is 0.571. The van der Waals surface area contributed by atoms with Gasteiger partial charge in [0, 0.05) is 13.8 Å². The summed E-state index contributed by atoms with van der Waals surface area (Å²) in [7, 11) is 0. The van der Waals surface area contributed by atoms with Crippen molar-refractivity contribution in [3.63, 3.8) is 0 Å². The zero-order valence-electron chi connectivity index (χ0n) is 7.80. The van der Waals surface area contributed by atoms with E-state index in [0.29, 0.717) is 0 Å². The third-order valence-electron chi connectivity index (χ3n) is 1.34. The van der Waals surface area contributed by atoms with Crippen LogP contribution in [0.1, 0.15) is 20.8 Å². The molecule has 0 saturated heterocycles. The van der Waals surface area contributed by atoms with Crippen molar-refractivity contribution in [1.82, 2.24) is 10.6 Å². The molecule has 0 fully saturated rings. The van der Waals surface area contributed by atoms with Gasteiger partial charge in [-0.05, 0) is 6.92 Å². The largest absolute Gasteiger partial charge is 0.366 e. The van der Waals surface area contributed by atoms with E-state index in [4.69, 9.17) is 5.73 Å². The molecule has 0 aromatic rings. The van der Waals surface area contributed by atoms with E-state index in [1.54, 1.807) is 0 Å². The summed E-state index contributed by atoms with van der Waals surface area (Å²) < 4.78 is 0. The van der Waals surface area contributed by atoms with Gasteiger partial charge in [-0.2, -0.15) is 0 Å². The first kappa shape index (κ1) is 11.4. The van der Waals surface area contributed by atoms with Gasteiger partial charge in [0.2, 0.25) is 11.8 Å². The average molecular weight is 187 g/mol. The fourth-order valence-corrected chi connectivity index (χ4v) is 0.859. The lowest BCUT2D eigenvalue weighted by Gasteiger charge is -2.27. The summed E-state index contributed by atoms with van der Waals surface area (Å²) in [6, 6.07) is 0. The van der Waals surface area contributed by atoms with Gasteiger partial charge in [0.25, 0.3) is 5.91 Å². The maximum Gasteiger partial charge on any atom is 0.263 e. The first-order valence-electron chi connectivity index (χ1n) is 3.65. The molecule has 6 nitrogen and oxygen atoms in total. The zero-order valence-corrected chi connectivity index (χ0v) is 7.80. The third kappa shape index (κ3) is 3.55. The van der Waals surface area contributed by atoms with Crippen molar-refractivity contribution in [2.45, 2.75) is 26.4 Å². The molecule has 0 bridgehead atoms. The van der Waals surface area contributed by atoms with Gasteiger partial charge >= 0.3 is 0 Å². The minimum Gasteiger partial charge on any atom is -0.366 e. The van der Waals surface area contributed by atoms with Gasteiger partial charge < -0.3 is 16.4 Å². The minimum absolute atomic E-state index is 0.449. The van der Waals surface area contributed by atoms with Crippen LogP contribution in [0.5, 0.6) is 0 Å². The van der Waals surface area contributed by atoms with E-state index >= 15 is 0 Å². The lowest BCUT2D eigenvalue weighted by Crippen LogP contribution is -2.65. The Bertz CT molecular complexity index is 233. The van der Waals surface area contributed by atoms with Gasteiger partial charge in [-0.1, -0.05) is 0 Å². The molecule has 4 N–H and O–H groups in total. The Balaban J connectivity index is 4.62. The standard InChI is InChI=1S/C7H13N3O3/c1-4(11)9-7(3,6(8)13)10-5(2)12/h1-3H3,(H2,8,13)(H,9,11)(H,10,12). The van der Waals surface area contributed by atoms with Crippen LogP contribution in [-0.2, 0) is 14.4 Å². The van der Waals surface area contributed by atoms with Crippen molar-refractivity contribution in [3.8, 4) is 0 Å². The molecular weight excluding hydrogens is 174 g/mol. The van der Waals surface area contributed by atoms with Crippen molar-refractivity contribution in [2.24, 2.45) is 5.73 Å². The molecule has 0 unspecified atom stereocenters. The van der Waals surface area contributed by atoms with E-state index in [0.717, 1.165) is 0 Å². The molecule has 0 atom stereocenters. The molecule has 13 heavy (non-hydrogen) atoms. The van der Waals surface area contributed by atoms with Gasteiger partial charge in [0.15, 0.2) is 5.66 Å². The molecule has 0 aliphatic rings. The lowest BCUT2D eigenvalue weighted by atomic mass is 10.2. The van der Waals surface area contributed by atoms with E-state index in [2.05, 4.69) is 10.6 Å². The third-order valence-corrected chi connectivity index (χ3v) is 1.34. The molecule has 0 aliphatic heterocycles. The molecule has 0 rings (SSSR count). The van der Waals surface area contributed by atoms with Gasteiger partial charge in [0.05, 0.1) is 0 Å². The number of carbonyl (C=O) groups excluding carboxylic acids is 3. The van der Waals surface area contributed by atoms with Crippen molar-refractivity contribution in [2.75, 3.05) is 0 Å². The van der Waals surface area contributed by atoms with Crippen molar-refractivity contribution in [1.29, 1.82) is 0 Å². The van der Waals surface area contributed by atoms with E-state index in [9.17, 15) is 14.4 Å². The van der Waals surface area contributed by atoms with Crippen molar-refractivity contribution in [3.05, 3.63) is 0 Å². The molecule has 0 heterocycles. The minimum atomic E-state index is -1.52. The Hall–Kier alpha value is -1.59. The summed E-state index contributed by atoms with van der Waals surface area (Å²) in [5.74, 6) is -1.72. The van der Waals surface area contributed by atoms with Gasteiger partial charge in [-0.25, -0.2) is 0 Å². The van der Waals surface area contributed by atoms with E-state index in [-0.39, 0.29) is 0 Å². The Kier molecular flexibility index (Phi) is 3.41. The number of nitrogens with two attached hydrogens (primary N) is 1. The Morgan fingerprint density at radius 3 is 1.54 bits per heavy atom. The molecule has 0 saturated carbocycles. The molecular formula is C7H13N3O3. The molecule has 74 valence electrons. The summed E-state index contributed by atoms with van der Waals surface area (Å²) in [6.45, 7) is 3.77. The summed E-state index contributed by atoms with van der Waals surface area (Å²) >= 11 is 0. The van der Waals surface area contributed by atoms with Crippen LogP contribution in [0.3, 0.4) is 0 Å². The average Bonchev–Trinajstić information content (AvgIpc) is 1.82. The van der Waals surface area contributed by atoms with Gasteiger partial charge in [-0.3, -0.25) is 14.4 Å². The molecule has 3 amide bonds. The summed E-state index contributed by atoms with van der Waals surface area (Å²) in [4.78, 5) is 32.2. The zero-order chi connectivity index (χ0) is 10.6. The van der Waals surface area contributed by atoms with Crippen molar-refractivity contribution < 1.29 is 14.4 Å². The fourth-order valence-electron chi connectivity index (χ4n) is 0.859. The maximum atomic E-state index is 10.9. The van der Waals surface area contributed by atoms with E-state index in [1.807, 2.05) is 0 Å². The molecule has 0 aromatic heterocycles. The molecule has 0 aliphatic carbocycles. The monoisotopic (exact) mass is 187 g/mol. The summed E-state index contributed by atoms with van der Waals surface area (Å²) in [6.07, 6.45) is 0. The van der Waals surface area contributed by atoms with Crippen LogP contribution in [0.25, 0.3) is 0 Å². The first-order valence-corrected chi connectivity index (χ1v) is 3.65. The number of primary amides is 1. The topological polar surface area (TPSA) is 101 Å². The number of rotatable bonds is 3. The Labute approximate surface area is 75.9 Å². The second kappa shape index (κ2) is 3.88. The highest BCUT2D eigenvalue weighted by molar-refractivity contribution is 5.92. The predicted octanol–water partition coefficient (Wildman–Crippen LogP) is -1.54. The second-order valence-electron chi connectivity index (χ2n) is 2.85. The quantitative estimate of drug-likeness (QED) is 0.467. The second-order valence-corrected chi connectivity index (χ2v) is 2.85. The summed E-state index contributed by atoms with van der Waals surface area (Å²) in [5, 5.41) is 4.48. The van der Waals surface area contributed by atoms with Crippen LogP contribution in [0, 0.1) is 0 Å². The number of hydrogen-bond acceptors (Lipinski definition) is 3. The molecule has 0 radical (unpaired) electrons. The number of hydrogen-bond donors (Lipinski definition) is 3. The first-order chi connectivity index (χ1) is 5.78. The van der Waals surface area contributed by atoms with Crippen molar-refractivity contribution >= 4 is 17.7 Å². The SMILES string of the molecule is CC(=O)NC(C)(NC(C)=O)C(N)=O. The number of nitrogens with one attached hydrogen (secondary N) is 2. The highest BCUT2D eigenvalue weighted by atomic mass is 16.2. The van der Waals surface area contributed by atoms with Crippen LogP contribution >= 0.6 is 0 Å². The smallest absolute Gasteiger partial charge is 0.263 e. The summed E-state index contributed by atoms with van der Waals surface area (Å²) in [5.41, 5.74) is 3.48. The van der Waals surface area contributed by atoms with Crippen LogP contribution in [0.2, 0.25) is 0 Å². The van der Waals surface area contributed by atoms with Crippen LogP contribution in [-0.4, -0.2) is 23.4 Å². The van der Waals surface area contributed by atoms with Gasteiger partial charge in [-0.15, -0.1) is 0 Å². The van der Waals surface area contributed by atoms with Crippen LogP contribution in [0.4, 0.5) is 0 Å². The van der Waals surface area contributed by atoms with E-state index in [1.165, 1.54) is 20.8 Å². The molecule has 0 spiro atoms. The highest BCUT2D eigenvalue weighted by Crippen LogP contribution is 1.96. The maximum absolute atomic E-state index is 10.9. The van der Waals surface area contributed by atoms with Gasteiger partial charge in [0.1, 0.15) is 0 Å². The van der Waals surface area contributed by atoms with Crippen LogP contribution < -0.4 is 16.4 Å². The normalized spacial score (nSPS) is 10.4. The number of carbonyl (C=O) groups is 3. The molecule has 0 aromatic carbocycles. The predicted molar refractivity (Wildman–Crippen MR) is 45.2 cm³/mol. The van der Waals surface area contributed by atoms with E-state index < -0.39 is 23.4 Å². The highest BCUT2D eigenvalue weighted by Gasteiger charge is 2.32. The molecule has 6 heteroatoms.